The van der Waals surface area contributed by atoms with Crippen LogP contribution >= 0.6 is 0 Å². The molecule has 0 radical (unpaired) electrons. The minimum absolute atomic E-state index is 0.0258. The van der Waals surface area contributed by atoms with Crippen LogP contribution in [0.3, 0.4) is 0 Å². The van der Waals surface area contributed by atoms with Gasteiger partial charge in [0.05, 0.1) is 6.42 Å². The Hall–Kier alpha value is -3.61. The zero-order valence-corrected chi connectivity index (χ0v) is 16.1. The summed E-state index contributed by atoms with van der Waals surface area (Å²) in [7, 11) is 0. The third-order valence-corrected chi connectivity index (χ3v) is 4.16. The number of ether oxygens (including phenoxy) is 1. The van der Waals surface area contributed by atoms with Gasteiger partial charge in [-0.3, -0.25) is 9.59 Å². The summed E-state index contributed by atoms with van der Waals surface area (Å²) in [6.45, 7) is 3.89. The maximum atomic E-state index is 12.1. The Morgan fingerprint density at radius 2 is 1.76 bits per heavy atom. The predicted octanol–water partition coefficient (Wildman–Crippen LogP) is 3.14. The van der Waals surface area contributed by atoms with Crippen molar-refractivity contribution < 1.29 is 23.8 Å². The highest BCUT2D eigenvalue weighted by Crippen LogP contribution is 2.21. The van der Waals surface area contributed by atoms with Gasteiger partial charge in [0.1, 0.15) is 23.5 Å². The number of carboxylic acids is 1. The molecule has 7 nitrogen and oxygen atoms in total. The molecule has 1 aromatic heterocycles. The molecule has 3 aromatic rings. The van der Waals surface area contributed by atoms with Crippen LogP contribution in [0.1, 0.15) is 35.3 Å². The molecule has 3 rings (SSSR count). The van der Waals surface area contributed by atoms with Crippen LogP contribution in [-0.4, -0.2) is 23.0 Å². The summed E-state index contributed by atoms with van der Waals surface area (Å²) in [6, 6.07) is 13.6. The molecule has 0 fully saturated rings. The Morgan fingerprint density at radius 3 is 2.41 bits per heavy atom. The highest BCUT2D eigenvalue weighted by molar-refractivity contribution is 5.96. The number of carbonyl (C=O) groups is 2. The fourth-order valence-electron chi connectivity index (χ4n) is 2.77. The maximum Gasteiger partial charge on any atom is 0.349 e. The van der Waals surface area contributed by atoms with E-state index < -0.39 is 17.5 Å². The number of hydrogen-bond acceptors (Lipinski definition) is 5. The zero-order chi connectivity index (χ0) is 21.0. The van der Waals surface area contributed by atoms with Crippen LogP contribution in [0.5, 0.6) is 5.75 Å². The summed E-state index contributed by atoms with van der Waals surface area (Å²) in [5.74, 6) is -0.839. The van der Waals surface area contributed by atoms with Gasteiger partial charge in [-0.05, 0) is 43.2 Å². The number of aliphatic carboxylic acids is 1. The van der Waals surface area contributed by atoms with E-state index in [-0.39, 0.29) is 24.6 Å². The quantitative estimate of drug-likeness (QED) is 0.596. The standard InChI is InChI=1S/C22H21NO6/c1-13(2)23-21(26)18-10-16-7-8-17(11-19(16)29-22(18)27)28-12-15-5-3-14(4-6-15)9-20(24)25/h3-8,10-11,13H,9,12H2,1-2H3,(H,23,26)(H,24,25). The topological polar surface area (TPSA) is 106 Å². The molecule has 7 heteroatoms. The van der Waals surface area contributed by atoms with Gasteiger partial charge in [-0.15, -0.1) is 0 Å². The van der Waals surface area contributed by atoms with Crippen LogP contribution in [0.15, 0.2) is 57.7 Å². The SMILES string of the molecule is CC(C)NC(=O)c1cc2ccc(OCc3ccc(CC(=O)O)cc3)cc2oc1=O. The lowest BCUT2D eigenvalue weighted by molar-refractivity contribution is -0.136. The Morgan fingerprint density at radius 1 is 1.07 bits per heavy atom. The van der Waals surface area contributed by atoms with Crippen LogP contribution in [0, 0.1) is 0 Å². The van der Waals surface area contributed by atoms with E-state index in [4.69, 9.17) is 14.3 Å². The summed E-state index contributed by atoms with van der Waals surface area (Å²) in [6.07, 6.45) is -0.0258. The van der Waals surface area contributed by atoms with Crippen LogP contribution < -0.4 is 15.7 Å². The Kier molecular flexibility index (Phi) is 5.97. The van der Waals surface area contributed by atoms with E-state index in [1.54, 1.807) is 42.5 Å². The number of nitrogens with one attached hydrogen (secondary N) is 1. The second-order valence-corrected chi connectivity index (χ2v) is 6.95. The van der Waals surface area contributed by atoms with E-state index in [2.05, 4.69) is 5.32 Å². The first-order valence-electron chi connectivity index (χ1n) is 9.13. The Balaban J connectivity index is 1.73. The van der Waals surface area contributed by atoms with Gasteiger partial charge in [0, 0.05) is 17.5 Å². The molecule has 150 valence electrons. The molecule has 0 saturated carbocycles. The van der Waals surface area contributed by atoms with E-state index in [1.165, 1.54) is 6.07 Å². The van der Waals surface area contributed by atoms with Gasteiger partial charge in [0.2, 0.25) is 0 Å². The van der Waals surface area contributed by atoms with E-state index in [0.29, 0.717) is 22.3 Å². The first-order valence-corrected chi connectivity index (χ1v) is 9.13. The van der Waals surface area contributed by atoms with Gasteiger partial charge in [-0.25, -0.2) is 4.79 Å². The molecule has 29 heavy (non-hydrogen) atoms. The minimum atomic E-state index is -0.878. The number of rotatable bonds is 7. The van der Waals surface area contributed by atoms with Gasteiger partial charge in [0.15, 0.2) is 0 Å². The average Bonchev–Trinajstić information content (AvgIpc) is 2.65. The van der Waals surface area contributed by atoms with Crippen molar-refractivity contribution in [2.75, 3.05) is 0 Å². The van der Waals surface area contributed by atoms with Crippen molar-refractivity contribution in [3.05, 3.63) is 75.6 Å². The molecule has 0 unspecified atom stereocenters. The molecule has 0 bridgehead atoms. The largest absolute Gasteiger partial charge is 0.489 e. The molecule has 2 aromatic carbocycles. The van der Waals surface area contributed by atoms with Crippen molar-refractivity contribution in [2.45, 2.75) is 32.9 Å². The number of benzene rings is 2. The average molecular weight is 395 g/mol. The molecule has 2 N–H and O–H groups in total. The van der Waals surface area contributed by atoms with Crippen molar-refractivity contribution in [3.63, 3.8) is 0 Å². The summed E-state index contributed by atoms with van der Waals surface area (Å²) >= 11 is 0. The predicted molar refractivity (Wildman–Crippen MR) is 107 cm³/mol. The normalized spacial score (nSPS) is 10.9. The smallest absolute Gasteiger partial charge is 0.349 e. The highest BCUT2D eigenvalue weighted by Gasteiger charge is 2.14. The van der Waals surface area contributed by atoms with Crippen molar-refractivity contribution in [1.82, 2.24) is 5.32 Å². The van der Waals surface area contributed by atoms with E-state index >= 15 is 0 Å². The summed E-state index contributed by atoms with van der Waals surface area (Å²) in [5.41, 5.74) is 1.17. The van der Waals surface area contributed by atoms with Crippen molar-refractivity contribution in [3.8, 4) is 5.75 Å². The number of hydrogen-bond donors (Lipinski definition) is 2. The van der Waals surface area contributed by atoms with Crippen molar-refractivity contribution >= 4 is 22.8 Å². The molecule has 1 amide bonds. The number of fused-ring (bicyclic) bond motifs is 1. The van der Waals surface area contributed by atoms with Gasteiger partial charge in [0.25, 0.3) is 5.91 Å². The number of amides is 1. The fourth-order valence-corrected chi connectivity index (χ4v) is 2.77. The van der Waals surface area contributed by atoms with E-state index in [9.17, 15) is 14.4 Å². The van der Waals surface area contributed by atoms with Crippen LogP contribution in [0.4, 0.5) is 0 Å². The van der Waals surface area contributed by atoms with Crippen LogP contribution in [0.2, 0.25) is 0 Å². The molecule has 0 saturated heterocycles. The molecular formula is C22H21NO6. The number of carbonyl (C=O) groups excluding carboxylic acids is 1. The lowest BCUT2D eigenvalue weighted by Crippen LogP contribution is -2.33. The molecule has 1 heterocycles. The second-order valence-electron chi connectivity index (χ2n) is 6.95. The third kappa shape index (κ3) is 5.22. The monoisotopic (exact) mass is 395 g/mol. The molecule has 0 aliphatic heterocycles. The van der Waals surface area contributed by atoms with Gasteiger partial charge in [-0.2, -0.15) is 0 Å². The van der Waals surface area contributed by atoms with Gasteiger partial charge < -0.3 is 19.6 Å². The Bertz CT molecular complexity index is 1100. The van der Waals surface area contributed by atoms with Crippen molar-refractivity contribution in [2.24, 2.45) is 0 Å². The maximum absolute atomic E-state index is 12.1. The summed E-state index contributed by atoms with van der Waals surface area (Å²) < 4.78 is 11.0. The molecule has 0 aliphatic rings. The molecule has 0 atom stereocenters. The van der Waals surface area contributed by atoms with Crippen LogP contribution in [-0.2, 0) is 17.8 Å². The molecule has 0 spiro atoms. The summed E-state index contributed by atoms with van der Waals surface area (Å²) in [5, 5.41) is 12.1. The van der Waals surface area contributed by atoms with E-state index in [1.807, 2.05) is 13.8 Å². The summed E-state index contributed by atoms with van der Waals surface area (Å²) in [4.78, 5) is 35.0. The first kappa shape index (κ1) is 20.1. The highest BCUT2D eigenvalue weighted by atomic mass is 16.5. The van der Waals surface area contributed by atoms with Crippen LogP contribution in [0.25, 0.3) is 11.0 Å². The lowest BCUT2D eigenvalue weighted by atomic mass is 10.1. The second kappa shape index (κ2) is 8.60. The molecular weight excluding hydrogens is 374 g/mol. The Labute approximate surface area is 166 Å². The zero-order valence-electron chi connectivity index (χ0n) is 16.1. The lowest BCUT2D eigenvalue weighted by Gasteiger charge is -2.09. The number of carboxylic acid groups (broad SMARTS) is 1. The fraction of sp³-hybridized carbons (Fsp3) is 0.227. The van der Waals surface area contributed by atoms with Crippen molar-refractivity contribution in [1.29, 1.82) is 0 Å². The first-order chi connectivity index (χ1) is 13.8. The van der Waals surface area contributed by atoms with E-state index in [0.717, 1.165) is 5.56 Å². The minimum Gasteiger partial charge on any atom is -0.489 e. The third-order valence-electron chi connectivity index (χ3n) is 4.16. The molecule has 0 aliphatic carbocycles. The van der Waals surface area contributed by atoms with Gasteiger partial charge >= 0.3 is 11.6 Å². The van der Waals surface area contributed by atoms with Gasteiger partial charge in [-0.1, -0.05) is 24.3 Å².